The number of hydrogen-bond donors (Lipinski definition) is 0. The molecule has 2 aromatic heterocycles. The number of Topliss-reactive ketones (excluding diaryl/α,β-unsaturated/α-hetero) is 1. The number of carbonyl (C=O) groups is 1. The molecule has 0 spiro atoms. The molecule has 2 aliphatic rings. The largest absolute Gasteiger partial charge is 0.381 e. The number of ether oxygens (including phenoxy) is 1. The molecule has 0 N–H and O–H groups in total. The number of carbonyl (C=O) groups excluding carboxylic acids is 1. The van der Waals surface area contributed by atoms with Crippen molar-refractivity contribution in [1.29, 1.82) is 5.26 Å². The van der Waals surface area contributed by atoms with Gasteiger partial charge in [0.1, 0.15) is 0 Å². The van der Waals surface area contributed by atoms with Crippen LogP contribution in [-0.4, -0.2) is 41.6 Å². The first-order valence-corrected chi connectivity index (χ1v) is 12.1. The predicted molar refractivity (Wildman–Crippen MR) is 125 cm³/mol. The third kappa shape index (κ3) is 4.01. The van der Waals surface area contributed by atoms with Crippen LogP contribution in [0, 0.1) is 11.3 Å². The molecule has 1 atom stereocenters. The fourth-order valence-corrected chi connectivity index (χ4v) is 5.83. The van der Waals surface area contributed by atoms with E-state index in [0.29, 0.717) is 38.1 Å². The smallest absolute Gasteiger partial charge is 0.188 e. The Morgan fingerprint density at radius 2 is 2.09 bits per heavy atom. The van der Waals surface area contributed by atoms with Crippen LogP contribution in [0.15, 0.2) is 42.6 Å². The number of thiazole rings is 1. The molecule has 6 nitrogen and oxygen atoms in total. The van der Waals surface area contributed by atoms with Gasteiger partial charge in [0, 0.05) is 32.4 Å². The molecule has 2 aliphatic heterocycles. The van der Waals surface area contributed by atoms with Gasteiger partial charge in [0.25, 0.3) is 0 Å². The van der Waals surface area contributed by atoms with Gasteiger partial charge in [0.15, 0.2) is 16.6 Å². The Labute approximate surface area is 191 Å². The first-order valence-electron chi connectivity index (χ1n) is 11.3. The molecular weight excluding hydrogens is 420 g/mol. The minimum absolute atomic E-state index is 0.111. The predicted octanol–water partition coefficient (Wildman–Crippen LogP) is 4.43. The standard InChI is InChI=1S/C25H26N4O2S/c26-17-25(10-13-31-14-11-25)19-15-22-23(27-16-19)28-24(32-22)29-12-4-7-20(29)21(30)9-8-18-5-2-1-3-6-18/h1-3,5-6,15-16,20H,4,7-14H2/t20-/m1/s1. The average Bonchev–Trinajstić information content (AvgIpc) is 3.50. The van der Waals surface area contributed by atoms with Crippen molar-refractivity contribution < 1.29 is 9.53 Å². The van der Waals surface area contributed by atoms with Crippen molar-refractivity contribution in [3.63, 3.8) is 0 Å². The van der Waals surface area contributed by atoms with Gasteiger partial charge in [-0.05, 0) is 49.3 Å². The second-order valence-electron chi connectivity index (χ2n) is 8.65. The van der Waals surface area contributed by atoms with Crippen LogP contribution in [-0.2, 0) is 21.4 Å². The van der Waals surface area contributed by atoms with Gasteiger partial charge in [0.2, 0.25) is 0 Å². The molecule has 0 saturated carbocycles. The van der Waals surface area contributed by atoms with Crippen molar-refractivity contribution in [1.82, 2.24) is 9.97 Å². The van der Waals surface area contributed by atoms with E-state index < -0.39 is 5.41 Å². The van der Waals surface area contributed by atoms with E-state index in [0.717, 1.165) is 41.2 Å². The quantitative estimate of drug-likeness (QED) is 0.557. The van der Waals surface area contributed by atoms with E-state index in [-0.39, 0.29) is 11.8 Å². The van der Waals surface area contributed by atoms with Gasteiger partial charge in [-0.3, -0.25) is 4.79 Å². The first kappa shape index (κ1) is 21.0. The van der Waals surface area contributed by atoms with Crippen LogP contribution in [0.2, 0.25) is 0 Å². The molecule has 32 heavy (non-hydrogen) atoms. The topological polar surface area (TPSA) is 79.1 Å². The Morgan fingerprint density at radius 1 is 1.28 bits per heavy atom. The lowest BCUT2D eigenvalue weighted by atomic mass is 9.76. The lowest BCUT2D eigenvalue weighted by molar-refractivity contribution is -0.120. The third-order valence-corrected chi connectivity index (χ3v) is 7.75. The van der Waals surface area contributed by atoms with Crippen LogP contribution in [0.4, 0.5) is 5.13 Å². The van der Waals surface area contributed by atoms with Gasteiger partial charge >= 0.3 is 0 Å². The molecule has 0 unspecified atom stereocenters. The van der Waals surface area contributed by atoms with E-state index in [1.54, 1.807) is 17.5 Å². The summed E-state index contributed by atoms with van der Waals surface area (Å²) >= 11 is 1.58. The number of aromatic nitrogens is 2. The summed E-state index contributed by atoms with van der Waals surface area (Å²) in [6.07, 6.45) is 6.36. The number of pyridine rings is 1. The molecule has 0 aliphatic carbocycles. The van der Waals surface area contributed by atoms with Crippen molar-refractivity contribution >= 4 is 32.6 Å². The van der Waals surface area contributed by atoms with Crippen molar-refractivity contribution in [3.8, 4) is 6.07 Å². The highest BCUT2D eigenvalue weighted by molar-refractivity contribution is 7.22. The molecular formula is C25H26N4O2S. The van der Waals surface area contributed by atoms with Crippen LogP contribution in [0.25, 0.3) is 10.3 Å². The molecule has 1 aromatic carbocycles. The van der Waals surface area contributed by atoms with Gasteiger partial charge in [-0.15, -0.1) is 0 Å². The maximum atomic E-state index is 13.0. The van der Waals surface area contributed by atoms with E-state index >= 15 is 0 Å². The molecule has 0 radical (unpaired) electrons. The number of nitrogens with zero attached hydrogens (tertiary/aromatic N) is 4. The second-order valence-corrected chi connectivity index (χ2v) is 9.66. The number of aryl methyl sites for hydroxylation is 1. The Balaban J connectivity index is 1.35. The van der Waals surface area contributed by atoms with Crippen LogP contribution < -0.4 is 4.90 Å². The Morgan fingerprint density at radius 3 is 2.88 bits per heavy atom. The van der Waals surface area contributed by atoms with Crippen molar-refractivity contribution in [2.75, 3.05) is 24.7 Å². The van der Waals surface area contributed by atoms with E-state index in [9.17, 15) is 10.1 Å². The summed E-state index contributed by atoms with van der Waals surface area (Å²) in [5, 5.41) is 10.7. The van der Waals surface area contributed by atoms with Gasteiger partial charge in [-0.1, -0.05) is 41.7 Å². The maximum Gasteiger partial charge on any atom is 0.188 e. The van der Waals surface area contributed by atoms with Crippen LogP contribution in [0.1, 0.15) is 43.2 Å². The van der Waals surface area contributed by atoms with Crippen LogP contribution in [0.3, 0.4) is 0 Å². The van der Waals surface area contributed by atoms with Gasteiger partial charge in [0.05, 0.1) is 22.2 Å². The average molecular weight is 447 g/mol. The molecule has 5 rings (SSSR count). The van der Waals surface area contributed by atoms with Gasteiger partial charge < -0.3 is 9.64 Å². The Bertz CT molecular complexity index is 1150. The molecule has 0 bridgehead atoms. The molecule has 0 amide bonds. The summed E-state index contributed by atoms with van der Waals surface area (Å²) in [6, 6.07) is 14.6. The number of anilines is 1. The lowest BCUT2D eigenvalue weighted by Gasteiger charge is -2.30. The minimum Gasteiger partial charge on any atom is -0.381 e. The van der Waals surface area contributed by atoms with Crippen LogP contribution >= 0.6 is 11.3 Å². The van der Waals surface area contributed by atoms with E-state index in [1.807, 2.05) is 18.2 Å². The second kappa shape index (κ2) is 8.97. The van der Waals surface area contributed by atoms with Crippen molar-refractivity contribution in [2.24, 2.45) is 0 Å². The van der Waals surface area contributed by atoms with Crippen LogP contribution in [0.5, 0.6) is 0 Å². The maximum absolute atomic E-state index is 13.0. The molecule has 164 valence electrons. The molecule has 7 heteroatoms. The van der Waals surface area contributed by atoms with E-state index in [2.05, 4.69) is 34.2 Å². The summed E-state index contributed by atoms with van der Waals surface area (Å²) in [5.74, 6) is 0.282. The van der Waals surface area contributed by atoms with Gasteiger partial charge in [-0.25, -0.2) is 4.98 Å². The summed E-state index contributed by atoms with van der Waals surface area (Å²) in [6.45, 7) is 2.04. The SMILES string of the molecule is N#CC1(c2cnc3nc(N4CCC[C@@H]4C(=O)CCc4ccccc4)sc3c2)CCOCC1. The number of benzene rings is 1. The monoisotopic (exact) mass is 446 g/mol. The Hall–Kier alpha value is -2.82. The highest BCUT2D eigenvalue weighted by atomic mass is 32.1. The highest BCUT2D eigenvalue weighted by Gasteiger charge is 2.36. The summed E-state index contributed by atoms with van der Waals surface area (Å²) in [4.78, 5) is 24.5. The van der Waals surface area contributed by atoms with E-state index in [1.165, 1.54) is 5.56 Å². The highest BCUT2D eigenvalue weighted by Crippen LogP contribution is 2.38. The first-order chi connectivity index (χ1) is 15.7. The zero-order chi connectivity index (χ0) is 22.0. The van der Waals surface area contributed by atoms with Crippen molar-refractivity contribution in [2.45, 2.75) is 50.0 Å². The summed E-state index contributed by atoms with van der Waals surface area (Å²) < 4.78 is 6.44. The summed E-state index contributed by atoms with van der Waals surface area (Å²) in [7, 11) is 0. The summed E-state index contributed by atoms with van der Waals surface area (Å²) in [5.41, 5.74) is 2.30. The molecule has 2 fully saturated rings. The number of fused-ring (bicyclic) bond motifs is 1. The zero-order valence-corrected chi connectivity index (χ0v) is 18.8. The molecule has 2 saturated heterocycles. The number of hydrogen-bond acceptors (Lipinski definition) is 7. The number of rotatable bonds is 6. The third-order valence-electron chi connectivity index (χ3n) is 6.72. The van der Waals surface area contributed by atoms with E-state index in [4.69, 9.17) is 9.72 Å². The normalized spacial score (nSPS) is 20.3. The zero-order valence-electron chi connectivity index (χ0n) is 18.0. The lowest BCUT2D eigenvalue weighted by Crippen LogP contribution is -2.36. The Kier molecular flexibility index (Phi) is 5.90. The van der Waals surface area contributed by atoms with Crippen molar-refractivity contribution in [3.05, 3.63) is 53.7 Å². The van der Waals surface area contributed by atoms with Gasteiger partial charge in [-0.2, -0.15) is 10.2 Å². The number of nitriles is 1. The minimum atomic E-state index is -0.535. The fraction of sp³-hybridized carbons (Fsp3) is 0.440. The fourth-order valence-electron chi connectivity index (χ4n) is 4.79. The molecule has 4 heterocycles. The molecule has 3 aromatic rings. The number of ketones is 1.